The Morgan fingerprint density at radius 1 is 1.24 bits per heavy atom. The Balaban J connectivity index is 1.74. The standard InChI is InChI=1S/C13H21N3O/c1-13(2)11-16(12(17)14-13)10-6-5-9-15-7-3-4-8-15/h3-4,7-11H2,1-2H3,(H,14,17). The summed E-state index contributed by atoms with van der Waals surface area (Å²) in [4.78, 5) is 15.7. The van der Waals surface area contributed by atoms with Crippen LogP contribution in [0.5, 0.6) is 0 Å². The molecule has 2 rings (SSSR count). The van der Waals surface area contributed by atoms with Crippen molar-refractivity contribution in [3.8, 4) is 11.8 Å². The van der Waals surface area contributed by atoms with Gasteiger partial charge in [0.25, 0.3) is 0 Å². The molecule has 0 radical (unpaired) electrons. The Hall–Kier alpha value is -1.21. The van der Waals surface area contributed by atoms with Crippen molar-refractivity contribution < 1.29 is 4.79 Å². The van der Waals surface area contributed by atoms with E-state index in [1.54, 1.807) is 4.90 Å². The molecular weight excluding hydrogens is 214 g/mol. The summed E-state index contributed by atoms with van der Waals surface area (Å²) in [6, 6.07) is 0.00507. The van der Waals surface area contributed by atoms with Crippen molar-refractivity contribution in [3.05, 3.63) is 0 Å². The molecule has 2 fully saturated rings. The molecule has 0 atom stereocenters. The third-order valence-electron chi connectivity index (χ3n) is 3.21. The van der Waals surface area contributed by atoms with Gasteiger partial charge < -0.3 is 10.2 Å². The van der Waals surface area contributed by atoms with E-state index in [0.29, 0.717) is 6.54 Å². The Kier molecular flexibility index (Phi) is 3.58. The van der Waals surface area contributed by atoms with Gasteiger partial charge in [0.2, 0.25) is 0 Å². The van der Waals surface area contributed by atoms with Crippen LogP contribution in [0, 0.1) is 11.8 Å². The van der Waals surface area contributed by atoms with E-state index in [9.17, 15) is 4.79 Å². The van der Waals surface area contributed by atoms with Crippen LogP contribution in [0.15, 0.2) is 0 Å². The van der Waals surface area contributed by atoms with Gasteiger partial charge in [0.15, 0.2) is 0 Å². The lowest BCUT2D eigenvalue weighted by Gasteiger charge is -2.15. The first-order valence-corrected chi connectivity index (χ1v) is 6.32. The van der Waals surface area contributed by atoms with Crippen molar-refractivity contribution in [2.45, 2.75) is 32.2 Å². The first kappa shape index (κ1) is 12.3. The number of nitrogens with zero attached hydrogens (tertiary/aromatic N) is 2. The summed E-state index contributed by atoms with van der Waals surface area (Å²) in [6.45, 7) is 8.54. The summed E-state index contributed by atoms with van der Waals surface area (Å²) < 4.78 is 0. The third kappa shape index (κ3) is 3.37. The van der Waals surface area contributed by atoms with E-state index in [1.807, 2.05) is 13.8 Å². The van der Waals surface area contributed by atoms with Crippen molar-refractivity contribution in [1.29, 1.82) is 0 Å². The predicted octanol–water partition coefficient (Wildman–Crippen LogP) is 0.889. The van der Waals surface area contributed by atoms with Crippen LogP contribution in [0.1, 0.15) is 26.7 Å². The zero-order chi connectivity index (χ0) is 12.3. The van der Waals surface area contributed by atoms with E-state index in [4.69, 9.17) is 0 Å². The zero-order valence-electron chi connectivity index (χ0n) is 10.8. The molecule has 4 heteroatoms. The van der Waals surface area contributed by atoms with Crippen molar-refractivity contribution in [3.63, 3.8) is 0 Å². The number of hydrogen-bond donors (Lipinski definition) is 1. The highest BCUT2D eigenvalue weighted by atomic mass is 16.2. The molecule has 0 saturated carbocycles. The molecule has 1 N–H and O–H groups in total. The van der Waals surface area contributed by atoms with Gasteiger partial charge in [0.05, 0.1) is 18.6 Å². The molecule has 0 bridgehead atoms. The second-order valence-electron chi connectivity index (χ2n) is 5.51. The van der Waals surface area contributed by atoms with Gasteiger partial charge in [-0.3, -0.25) is 4.90 Å². The van der Waals surface area contributed by atoms with Crippen molar-refractivity contribution in [1.82, 2.24) is 15.1 Å². The predicted molar refractivity (Wildman–Crippen MR) is 67.6 cm³/mol. The highest BCUT2D eigenvalue weighted by Crippen LogP contribution is 2.13. The van der Waals surface area contributed by atoms with E-state index in [1.165, 1.54) is 25.9 Å². The minimum atomic E-state index is -0.117. The molecule has 94 valence electrons. The average Bonchev–Trinajstić information content (AvgIpc) is 2.81. The molecule has 2 amide bonds. The lowest BCUT2D eigenvalue weighted by Crippen LogP contribution is -2.36. The maximum absolute atomic E-state index is 11.6. The van der Waals surface area contributed by atoms with E-state index in [0.717, 1.165) is 13.1 Å². The fourth-order valence-corrected chi connectivity index (χ4v) is 2.34. The van der Waals surface area contributed by atoms with Crippen LogP contribution in [0.25, 0.3) is 0 Å². The summed E-state index contributed by atoms with van der Waals surface area (Å²) in [5.74, 6) is 6.25. The maximum Gasteiger partial charge on any atom is 0.318 e. The number of urea groups is 1. The quantitative estimate of drug-likeness (QED) is 0.722. The topological polar surface area (TPSA) is 35.6 Å². The molecule has 2 heterocycles. The van der Waals surface area contributed by atoms with E-state index < -0.39 is 0 Å². The molecule has 2 aliphatic rings. The number of rotatable bonds is 2. The molecule has 4 nitrogen and oxygen atoms in total. The Morgan fingerprint density at radius 3 is 2.47 bits per heavy atom. The molecule has 0 aromatic heterocycles. The van der Waals surface area contributed by atoms with E-state index in [2.05, 4.69) is 22.1 Å². The van der Waals surface area contributed by atoms with Crippen molar-refractivity contribution in [2.75, 3.05) is 32.7 Å². The van der Waals surface area contributed by atoms with Crippen LogP contribution in [-0.4, -0.2) is 54.1 Å². The molecule has 0 aromatic carbocycles. The van der Waals surface area contributed by atoms with Crippen LogP contribution in [0.4, 0.5) is 4.79 Å². The Morgan fingerprint density at radius 2 is 1.88 bits per heavy atom. The molecule has 17 heavy (non-hydrogen) atoms. The van der Waals surface area contributed by atoms with Gasteiger partial charge in [-0.05, 0) is 39.8 Å². The molecular formula is C13H21N3O. The van der Waals surface area contributed by atoms with Crippen LogP contribution in [0.3, 0.4) is 0 Å². The molecule has 0 aromatic rings. The molecule has 0 aliphatic carbocycles. The molecule has 2 aliphatic heterocycles. The highest BCUT2D eigenvalue weighted by Gasteiger charge is 2.33. The number of carbonyl (C=O) groups is 1. The number of hydrogen-bond acceptors (Lipinski definition) is 2. The number of nitrogens with one attached hydrogen (secondary N) is 1. The van der Waals surface area contributed by atoms with Crippen LogP contribution >= 0.6 is 0 Å². The molecule has 2 saturated heterocycles. The lowest BCUT2D eigenvalue weighted by molar-refractivity contribution is 0.222. The smallest absolute Gasteiger partial charge is 0.318 e. The average molecular weight is 235 g/mol. The van der Waals surface area contributed by atoms with Crippen molar-refractivity contribution in [2.24, 2.45) is 0 Å². The second-order valence-corrected chi connectivity index (χ2v) is 5.51. The number of amides is 2. The van der Waals surface area contributed by atoms with Gasteiger partial charge in [-0.15, -0.1) is 0 Å². The van der Waals surface area contributed by atoms with Gasteiger partial charge in [-0.1, -0.05) is 11.8 Å². The third-order valence-corrected chi connectivity index (χ3v) is 3.21. The first-order chi connectivity index (χ1) is 8.07. The van der Waals surface area contributed by atoms with Crippen LogP contribution < -0.4 is 5.32 Å². The van der Waals surface area contributed by atoms with Gasteiger partial charge in [0, 0.05) is 6.54 Å². The molecule has 0 spiro atoms. The van der Waals surface area contributed by atoms with E-state index >= 15 is 0 Å². The van der Waals surface area contributed by atoms with Crippen LogP contribution in [0.2, 0.25) is 0 Å². The Bertz CT molecular complexity index is 347. The fourth-order valence-electron chi connectivity index (χ4n) is 2.34. The summed E-state index contributed by atoms with van der Waals surface area (Å²) in [6.07, 6.45) is 2.59. The Labute approximate surface area is 103 Å². The first-order valence-electron chi connectivity index (χ1n) is 6.32. The molecule has 0 unspecified atom stereocenters. The van der Waals surface area contributed by atoms with Crippen LogP contribution in [-0.2, 0) is 0 Å². The lowest BCUT2D eigenvalue weighted by atomic mass is 10.1. The van der Waals surface area contributed by atoms with Gasteiger partial charge in [0.1, 0.15) is 0 Å². The highest BCUT2D eigenvalue weighted by molar-refractivity contribution is 5.78. The summed E-state index contributed by atoms with van der Waals surface area (Å²) in [7, 11) is 0. The zero-order valence-corrected chi connectivity index (χ0v) is 10.8. The van der Waals surface area contributed by atoms with Gasteiger partial charge in [-0.2, -0.15) is 0 Å². The van der Waals surface area contributed by atoms with Gasteiger partial charge >= 0.3 is 6.03 Å². The number of likely N-dealkylation sites (tertiary alicyclic amines) is 1. The SMILES string of the molecule is CC1(C)CN(CC#CCN2CCCC2)C(=O)N1. The fraction of sp³-hybridized carbons (Fsp3) is 0.769. The monoisotopic (exact) mass is 235 g/mol. The normalized spacial score (nSPS) is 23.4. The minimum Gasteiger partial charge on any atom is -0.331 e. The maximum atomic E-state index is 11.6. The number of carbonyl (C=O) groups excluding carboxylic acids is 1. The summed E-state index contributed by atoms with van der Waals surface area (Å²) in [5.41, 5.74) is -0.117. The minimum absolute atomic E-state index is 0.00507. The van der Waals surface area contributed by atoms with Gasteiger partial charge in [-0.25, -0.2) is 4.79 Å². The van der Waals surface area contributed by atoms with Crippen molar-refractivity contribution >= 4 is 6.03 Å². The second kappa shape index (κ2) is 4.97. The summed E-state index contributed by atoms with van der Waals surface area (Å²) >= 11 is 0. The largest absolute Gasteiger partial charge is 0.331 e. The van der Waals surface area contributed by atoms with E-state index in [-0.39, 0.29) is 11.6 Å². The summed E-state index contributed by atoms with van der Waals surface area (Å²) in [5, 5.41) is 2.93.